The summed E-state index contributed by atoms with van der Waals surface area (Å²) >= 11 is 0. The van der Waals surface area contributed by atoms with Crippen LogP contribution in [-0.4, -0.2) is 59.7 Å². The topological polar surface area (TPSA) is 95.3 Å². The summed E-state index contributed by atoms with van der Waals surface area (Å²) in [5.74, 6) is 0.210. The Morgan fingerprint density at radius 2 is 1.66 bits per heavy atom. The normalized spacial score (nSPS) is 12.2. The number of amides is 1. The number of ether oxygens (including phenoxy) is 2. The molecule has 0 fully saturated rings. The molecule has 0 aromatic carbocycles. The van der Waals surface area contributed by atoms with Gasteiger partial charge >= 0.3 is 0 Å². The van der Waals surface area contributed by atoms with Crippen molar-refractivity contribution >= 4 is 11.7 Å². The van der Waals surface area contributed by atoms with Gasteiger partial charge in [-0.15, -0.1) is 5.10 Å². The molecule has 0 aliphatic heterocycles. The van der Waals surface area contributed by atoms with E-state index in [1.807, 2.05) is 27.0 Å². The predicted octanol–water partition coefficient (Wildman–Crippen LogP) is 3.58. The molecule has 184 valence electrons. The van der Waals surface area contributed by atoms with Gasteiger partial charge in [0.25, 0.3) is 0 Å². The fourth-order valence-corrected chi connectivity index (χ4v) is 2.90. The van der Waals surface area contributed by atoms with Gasteiger partial charge in [0.2, 0.25) is 5.91 Å². The largest absolute Gasteiger partial charge is 0.381 e. The van der Waals surface area contributed by atoms with Gasteiger partial charge in [0, 0.05) is 50.6 Å². The second-order valence-electron chi connectivity index (χ2n) is 10.5. The Bertz CT molecular complexity index is 674. The monoisotopic (exact) mass is 452 g/mol. The number of rotatable bonds is 16. The highest BCUT2D eigenvalue weighted by atomic mass is 16.5. The van der Waals surface area contributed by atoms with E-state index >= 15 is 0 Å². The SMILES string of the molecule is CC(C)(C)CCCOCCCNC(=O)CCc1cn(CCOCCC(=O)C(C)(C)C)nn1. The molecule has 1 N–H and O–H groups in total. The summed E-state index contributed by atoms with van der Waals surface area (Å²) in [6, 6.07) is 0. The Hall–Kier alpha value is -1.80. The first-order valence-corrected chi connectivity index (χ1v) is 11.8. The van der Waals surface area contributed by atoms with Crippen LogP contribution in [0.5, 0.6) is 0 Å². The maximum atomic E-state index is 12.0. The van der Waals surface area contributed by atoms with Crippen LogP contribution in [0.4, 0.5) is 0 Å². The third kappa shape index (κ3) is 14.3. The highest BCUT2D eigenvalue weighted by Gasteiger charge is 2.20. The first-order valence-electron chi connectivity index (χ1n) is 11.8. The third-order valence-corrected chi connectivity index (χ3v) is 4.97. The van der Waals surface area contributed by atoms with E-state index in [1.165, 1.54) is 0 Å². The highest BCUT2D eigenvalue weighted by molar-refractivity contribution is 5.83. The summed E-state index contributed by atoms with van der Waals surface area (Å²) in [4.78, 5) is 23.8. The number of hydrogen-bond donors (Lipinski definition) is 1. The lowest BCUT2D eigenvalue weighted by molar-refractivity contribution is -0.127. The van der Waals surface area contributed by atoms with Crippen LogP contribution in [0.3, 0.4) is 0 Å². The Kier molecular flexibility index (Phi) is 12.7. The molecule has 8 heteroatoms. The number of ketones is 1. The molecule has 0 atom stereocenters. The maximum Gasteiger partial charge on any atom is 0.220 e. The molecule has 0 unspecified atom stereocenters. The van der Waals surface area contributed by atoms with Gasteiger partial charge in [-0.1, -0.05) is 46.8 Å². The molecule has 0 bridgehead atoms. The summed E-state index contributed by atoms with van der Waals surface area (Å²) in [5.41, 5.74) is 0.811. The Morgan fingerprint density at radius 1 is 0.969 bits per heavy atom. The summed E-state index contributed by atoms with van der Waals surface area (Å²) in [5, 5.41) is 11.1. The lowest BCUT2D eigenvalue weighted by Crippen LogP contribution is -2.25. The predicted molar refractivity (Wildman–Crippen MR) is 125 cm³/mol. The molecular weight excluding hydrogens is 408 g/mol. The van der Waals surface area contributed by atoms with Gasteiger partial charge in [0.15, 0.2) is 0 Å². The zero-order valence-corrected chi connectivity index (χ0v) is 21.0. The van der Waals surface area contributed by atoms with Crippen molar-refractivity contribution in [3.63, 3.8) is 0 Å². The first-order chi connectivity index (χ1) is 15.0. The van der Waals surface area contributed by atoms with E-state index in [-0.39, 0.29) is 17.1 Å². The van der Waals surface area contributed by atoms with Gasteiger partial charge < -0.3 is 14.8 Å². The minimum atomic E-state index is -0.323. The van der Waals surface area contributed by atoms with Crippen LogP contribution in [0, 0.1) is 10.8 Å². The van der Waals surface area contributed by atoms with Crippen molar-refractivity contribution in [2.75, 3.05) is 33.0 Å². The van der Waals surface area contributed by atoms with Crippen molar-refractivity contribution in [3.05, 3.63) is 11.9 Å². The molecule has 0 saturated carbocycles. The third-order valence-electron chi connectivity index (χ3n) is 4.97. The van der Waals surface area contributed by atoms with Crippen LogP contribution in [0.25, 0.3) is 0 Å². The molecule has 8 nitrogen and oxygen atoms in total. The molecule has 1 rings (SSSR count). The number of hydrogen-bond acceptors (Lipinski definition) is 6. The van der Waals surface area contributed by atoms with Crippen LogP contribution in [-0.2, 0) is 32.0 Å². The van der Waals surface area contributed by atoms with E-state index in [0.29, 0.717) is 57.6 Å². The molecule has 0 saturated heterocycles. The van der Waals surface area contributed by atoms with E-state index < -0.39 is 0 Å². The summed E-state index contributed by atoms with van der Waals surface area (Å²) in [6.45, 7) is 16.0. The van der Waals surface area contributed by atoms with Crippen molar-refractivity contribution in [2.45, 2.75) is 86.6 Å². The number of carbonyl (C=O) groups is 2. The second kappa shape index (κ2) is 14.4. The number of carbonyl (C=O) groups excluding carboxylic acids is 2. The lowest BCUT2D eigenvalue weighted by atomic mass is 9.89. The van der Waals surface area contributed by atoms with Crippen molar-refractivity contribution in [1.29, 1.82) is 0 Å². The Balaban J connectivity index is 2.05. The molecule has 1 aromatic rings. The number of aryl methyl sites for hydroxylation is 1. The van der Waals surface area contributed by atoms with Crippen LogP contribution < -0.4 is 5.32 Å². The van der Waals surface area contributed by atoms with Crippen molar-refractivity contribution in [3.8, 4) is 0 Å². The highest BCUT2D eigenvalue weighted by Crippen LogP contribution is 2.20. The smallest absolute Gasteiger partial charge is 0.220 e. The molecule has 0 aliphatic carbocycles. The van der Waals surface area contributed by atoms with E-state index in [0.717, 1.165) is 31.6 Å². The van der Waals surface area contributed by atoms with Crippen molar-refractivity contribution < 1.29 is 19.1 Å². The van der Waals surface area contributed by atoms with Gasteiger partial charge in [-0.2, -0.15) is 0 Å². The van der Waals surface area contributed by atoms with Gasteiger partial charge in [0.05, 0.1) is 25.5 Å². The van der Waals surface area contributed by atoms with Crippen LogP contribution >= 0.6 is 0 Å². The van der Waals surface area contributed by atoms with Crippen molar-refractivity contribution in [2.24, 2.45) is 10.8 Å². The van der Waals surface area contributed by atoms with Crippen molar-refractivity contribution in [1.82, 2.24) is 20.3 Å². The minimum Gasteiger partial charge on any atom is -0.381 e. The van der Waals surface area contributed by atoms with E-state index in [1.54, 1.807) is 4.68 Å². The average molecular weight is 453 g/mol. The molecule has 1 aromatic heterocycles. The second-order valence-corrected chi connectivity index (χ2v) is 10.5. The lowest BCUT2D eigenvalue weighted by Gasteiger charge is -2.17. The molecule has 0 aliphatic rings. The fraction of sp³-hybridized carbons (Fsp3) is 0.833. The maximum absolute atomic E-state index is 12.0. The number of aromatic nitrogens is 3. The van der Waals surface area contributed by atoms with Crippen LogP contribution in [0.15, 0.2) is 6.20 Å². The van der Waals surface area contributed by atoms with Gasteiger partial charge in [0.1, 0.15) is 5.78 Å². The Labute approximate surface area is 193 Å². The van der Waals surface area contributed by atoms with Gasteiger partial charge in [-0.05, 0) is 24.7 Å². The molecular formula is C24H44N4O4. The summed E-state index contributed by atoms with van der Waals surface area (Å²) in [7, 11) is 0. The van der Waals surface area contributed by atoms with Crippen LogP contribution in [0.1, 0.15) is 79.3 Å². The molecule has 0 spiro atoms. The molecule has 1 amide bonds. The zero-order valence-electron chi connectivity index (χ0n) is 21.0. The van der Waals surface area contributed by atoms with Crippen LogP contribution in [0.2, 0.25) is 0 Å². The van der Waals surface area contributed by atoms with E-state index in [4.69, 9.17) is 9.47 Å². The van der Waals surface area contributed by atoms with E-state index in [9.17, 15) is 9.59 Å². The standard InChI is InChI=1S/C24H44N4O4/c1-23(2,3)12-7-15-31-16-8-13-25-22(30)10-9-20-19-28(27-26-20)14-18-32-17-11-21(29)24(4,5)6/h19H,7-18H2,1-6H3,(H,25,30). The quantitative estimate of drug-likeness (QED) is 0.385. The number of nitrogens with one attached hydrogen (secondary N) is 1. The average Bonchev–Trinajstić information content (AvgIpc) is 3.14. The zero-order chi connectivity index (χ0) is 24.0. The molecule has 0 radical (unpaired) electrons. The number of Topliss-reactive ketones (excluding diaryl/α,β-unsaturated/α-hetero) is 1. The molecule has 32 heavy (non-hydrogen) atoms. The fourth-order valence-electron chi connectivity index (χ4n) is 2.90. The van der Waals surface area contributed by atoms with Gasteiger partial charge in [-0.25, -0.2) is 4.68 Å². The minimum absolute atomic E-state index is 0.0131. The summed E-state index contributed by atoms with van der Waals surface area (Å²) in [6.07, 6.45) is 6.23. The molecule has 1 heterocycles. The van der Waals surface area contributed by atoms with E-state index in [2.05, 4.69) is 36.4 Å². The Morgan fingerprint density at radius 3 is 2.34 bits per heavy atom. The number of nitrogens with zero attached hydrogens (tertiary/aromatic N) is 3. The summed E-state index contributed by atoms with van der Waals surface area (Å²) < 4.78 is 12.8. The van der Waals surface area contributed by atoms with Gasteiger partial charge in [-0.3, -0.25) is 9.59 Å². The first kappa shape index (κ1) is 28.2.